The molecule has 2 rings (SSSR count). The van der Waals surface area contributed by atoms with Crippen molar-refractivity contribution in [3.05, 3.63) is 29.8 Å². The second-order valence-electron chi connectivity index (χ2n) is 5.17. The molecule has 1 aliphatic heterocycles. The molecule has 3 N–H and O–H groups in total. The van der Waals surface area contributed by atoms with Crippen molar-refractivity contribution in [2.24, 2.45) is 5.92 Å². The number of carbonyl (C=O) groups excluding carboxylic acids is 2. The lowest BCUT2D eigenvalue weighted by Crippen LogP contribution is -2.48. The number of piperidine rings is 1. The molecule has 20 heavy (non-hydrogen) atoms. The van der Waals surface area contributed by atoms with E-state index in [4.69, 9.17) is 0 Å². The minimum atomic E-state index is -0.203. The largest absolute Gasteiger partial charge is 0.355 e. The van der Waals surface area contributed by atoms with Crippen molar-refractivity contribution in [3.8, 4) is 0 Å². The van der Waals surface area contributed by atoms with Gasteiger partial charge >= 0.3 is 0 Å². The molecule has 0 radical (unpaired) electrons. The van der Waals surface area contributed by atoms with Crippen LogP contribution in [0.15, 0.2) is 24.3 Å². The number of carbonyl (C=O) groups is 2. The highest BCUT2D eigenvalue weighted by Crippen LogP contribution is 2.19. The zero-order chi connectivity index (χ0) is 14.5. The van der Waals surface area contributed by atoms with Gasteiger partial charge < -0.3 is 16.0 Å². The standard InChI is InChI=1S/C15H21N3O2/c1-10-6-5-9-17-13(10)15(20)18-12-8-4-3-7-11(12)14(19)16-2/h3-4,7-8,10,13,17H,5-6,9H2,1-2H3,(H,16,19)(H,18,20). The maximum Gasteiger partial charge on any atom is 0.253 e. The minimum absolute atomic E-state index is 0.0754. The molecule has 2 atom stereocenters. The second-order valence-corrected chi connectivity index (χ2v) is 5.17. The fraction of sp³-hybridized carbons (Fsp3) is 0.467. The van der Waals surface area contributed by atoms with E-state index in [1.54, 1.807) is 31.3 Å². The predicted octanol–water partition coefficient (Wildman–Crippen LogP) is 1.37. The lowest BCUT2D eigenvalue weighted by atomic mass is 9.92. The molecule has 1 fully saturated rings. The van der Waals surface area contributed by atoms with Gasteiger partial charge in [0, 0.05) is 7.05 Å². The van der Waals surface area contributed by atoms with E-state index < -0.39 is 0 Å². The van der Waals surface area contributed by atoms with Crippen molar-refractivity contribution in [1.82, 2.24) is 10.6 Å². The van der Waals surface area contributed by atoms with E-state index in [0.29, 0.717) is 17.2 Å². The summed E-state index contributed by atoms with van der Waals surface area (Å²) in [6.07, 6.45) is 2.14. The number of amides is 2. The Hall–Kier alpha value is -1.88. The van der Waals surface area contributed by atoms with E-state index in [9.17, 15) is 9.59 Å². The van der Waals surface area contributed by atoms with Crippen molar-refractivity contribution in [2.75, 3.05) is 18.9 Å². The number of rotatable bonds is 3. The summed E-state index contributed by atoms with van der Waals surface area (Å²) in [7, 11) is 1.58. The summed E-state index contributed by atoms with van der Waals surface area (Å²) >= 11 is 0. The number of anilines is 1. The number of hydrogen-bond donors (Lipinski definition) is 3. The van der Waals surface area contributed by atoms with Crippen LogP contribution in [0.2, 0.25) is 0 Å². The Balaban J connectivity index is 2.13. The Morgan fingerprint density at radius 1 is 1.30 bits per heavy atom. The quantitative estimate of drug-likeness (QED) is 0.780. The summed E-state index contributed by atoms with van der Waals surface area (Å²) < 4.78 is 0. The van der Waals surface area contributed by atoms with E-state index in [1.165, 1.54) is 0 Å². The summed E-state index contributed by atoms with van der Waals surface area (Å²) in [6, 6.07) is 6.84. The van der Waals surface area contributed by atoms with Gasteiger partial charge in [0.2, 0.25) is 5.91 Å². The number of para-hydroxylation sites is 1. The van der Waals surface area contributed by atoms with Crippen LogP contribution >= 0.6 is 0 Å². The van der Waals surface area contributed by atoms with Gasteiger partial charge in [-0.3, -0.25) is 9.59 Å². The number of hydrogen-bond acceptors (Lipinski definition) is 3. The maximum atomic E-state index is 12.3. The summed E-state index contributed by atoms with van der Waals surface area (Å²) in [4.78, 5) is 24.1. The van der Waals surface area contributed by atoms with Crippen molar-refractivity contribution >= 4 is 17.5 Å². The third kappa shape index (κ3) is 3.17. The van der Waals surface area contributed by atoms with Crippen LogP contribution in [0.1, 0.15) is 30.1 Å². The first kappa shape index (κ1) is 14.5. The SMILES string of the molecule is CNC(=O)c1ccccc1NC(=O)C1NCCCC1C. The minimum Gasteiger partial charge on any atom is -0.355 e. The molecule has 108 valence electrons. The summed E-state index contributed by atoms with van der Waals surface area (Å²) in [6.45, 7) is 2.93. The van der Waals surface area contributed by atoms with Gasteiger partial charge in [-0.15, -0.1) is 0 Å². The highest BCUT2D eigenvalue weighted by atomic mass is 16.2. The fourth-order valence-corrected chi connectivity index (χ4v) is 2.54. The smallest absolute Gasteiger partial charge is 0.253 e. The Morgan fingerprint density at radius 2 is 2.05 bits per heavy atom. The van der Waals surface area contributed by atoms with Crippen LogP contribution in [0.25, 0.3) is 0 Å². The van der Waals surface area contributed by atoms with Crippen LogP contribution in [-0.2, 0) is 4.79 Å². The maximum absolute atomic E-state index is 12.3. The second kappa shape index (κ2) is 6.52. The van der Waals surface area contributed by atoms with Gasteiger partial charge in [-0.1, -0.05) is 19.1 Å². The monoisotopic (exact) mass is 275 g/mol. The summed E-state index contributed by atoms with van der Waals surface area (Å²) in [5, 5.41) is 8.68. The highest BCUT2D eigenvalue weighted by molar-refractivity contribution is 6.04. The van der Waals surface area contributed by atoms with Crippen LogP contribution in [-0.4, -0.2) is 31.4 Å². The molecule has 2 unspecified atom stereocenters. The predicted molar refractivity (Wildman–Crippen MR) is 78.7 cm³/mol. The van der Waals surface area contributed by atoms with Crippen LogP contribution in [0.5, 0.6) is 0 Å². The molecule has 1 aromatic carbocycles. The van der Waals surface area contributed by atoms with E-state index in [-0.39, 0.29) is 17.9 Å². The molecule has 5 nitrogen and oxygen atoms in total. The van der Waals surface area contributed by atoms with Crippen LogP contribution in [0, 0.1) is 5.92 Å². The van der Waals surface area contributed by atoms with Crippen molar-refractivity contribution in [1.29, 1.82) is 0 Å². The molecular formula is C15H21N3O2. The molecule has 0 spiro atoms. The first-order valence-corrected chi connectivity index (χ1v) is 6.99. The normalized spacial score (nSPS) is 22.1. The molecule has 0 aliphatic carbocycles. The van der Waals surface area contributed by atoms with Crippen molar-refractivity contribution in [2.45, 2.75) is 25.8 Å². The molecule has 1 heterocycles. The first-order chi connectivity index (χ1) is 9.63. The molecule has 1 saturated heterocycles. The van der Waals surface area contributed by atoms with Gasteiger partial charge in [-0.2, -0.15) is 0 Å². The molecular weight excluding hydrogens is 254 g/mol. The van der Waals surface area contributed by atoms with Gasteiger partial charge in [-0.05, 0) is 37.4 Å². The lowest BCUT2D eigenvalue weighted by molar-refractivity contribution is -0.119. The van der Waals surface area contributed by atoms with Crippen LogP contribution in [0.3, 0.4) is 0 Å². The molecule has 5 heteroatoms. The Kier molecular flexibility index (Phi) is 4.74. The van der Waals surface area contributed by atoms with Crippen LogP contribution in [0.4, 0.5) is 5.69 Å². The van der Waals surface area contributed by atoms with E-state index in [1.807, 2.05) is 0 Å². The zero-order valence-corrected chi connectivity index (χ0v) is 11.9. The van der Waals surface area contributed by atoms with Gasteiger partial charge in [0.05, 0.1) is 17.3 Å². The topological polar surface area (TPSA) is 70.2 Å². The highest BCUT2D eigenvalue weighted by Gasteiger charge is 2.27. The van der Waals surface area contributed by atoms with Gasteiger partial charge in [0.25, 0.3) is 5.91 Å². The Morgan fingerprint density at radius 3 is 2.75 bits per heavy atom. The summed E-state index contributed by atoms with van der Waals surface area (Å²) in [5.41, 5.74) is 1.03. The fourth-order valence-electron chi connectivity index (χ4n) is 2.54. The van der Waals surface area contributed by atoms with Crippen LogP contribution < -0.4 is 16.0 Å². The molecule has 0 saturated carbocycles. The van der Waals surface area contributed by atoms with Crippen molar-refractivity contribution < 1.29 is 9.59 Å². The third-order valence-electron chi connectivity index (χ3n) is 3.71. The molecule has 1 aromatic rings. The molecule has 2 amide bonds. The Bertz CT molecular complexity index is 502. The average molecular weight is 275 g/mol. The average Bonchev–Trinajstić information content (AvgIpc) is 2.47. The Labute approximate surface area is 119 Å². The van der Waals surface area contributed by atoms with E-state index in [0.717, 1.165) is 19.4 Å². The van der Waals surface area contributed by atoms with Gasteiger partial charge in [0.15, 0.2) is 0 Å². The molecule has 0 aromatic heterocycles. The molecule has 1 aliphatic rings. The first-order valence-electron chi connectivity index (χ1n) is 6.99. The van der Waals surface area contributed by atoms with Gasteiger partial charge in [-0.25, -0.2) is 0 Å². The summed E-state index contributed by atoms with van der Waals surface area (Å²) in [5.74, 6) is 0.0232. The molecule has 0 bridgehead atoms. The van der Waals surface area contributed by atoms with E-state index >= 15 is 0 Å². The van der Waals surface area contributed by atoms with Crippen molar-refractivity contribution in [3.63, 3.8) is 0 Å². The number of benzene rings is 1. The van der Waals surface area contributed by atoms with Gasteiger partial charge in [0.1, 0.15) is 0 Å². The lowest BCUT2D eigenvalue weighted by Gasteiger charge is -2.29. The van der Waals surface area contributed by atoms with E-state index in [2.05, 4.69) is 22.9 Å². The number of nitrogens with one attached hydrogen (secondary N) is 3. The zero-order valence-electron chi connectivity index (χ0n) is 11.9. The third-order valence-corrected chi connectivity index (χ3v) is 3.71.